The third-order valence-corrected chi connectivity index (χ3v) is 2.87. The molecule has 0 bridgehead atoms. The topological polar surface area (TPSA) is 86.7 Å². The summed E-state index contributed by atoms with van der Waals surface area (Å²) in [5.74, 6) is -1.55. The zero-order chi connectivity index (χ0) is 15.1. The lowest BCUT2D eigenvalue weighted by Crippen LogP contribution is -2.27. The molecule has 0 aliphatic rings. The zero-order valence-corrected chi connectivity index (χ0v) is 11.8. The van der Waals surface area contributed by atoms with E-state index in [-0.39, 0.29) is 0 Å². The first kappa shape index (κ1) is 16.0. The minimum atomic E-state index is -1.26. The summed E-state index contributed by atoms with van der Waals surface area (Å²) in [5.41, 5.74) is -0.347. The van der Waals surface area contributed by atoms with Crippen LogP contribution in [-0.2, 0) is 28.4 Å². The van der Waals surface area contributed by atoms with Crippen LogP contribution in [0.1, 0.15) is 25.5 Å². The van der Waals surface area contributed by atoms with Gasteiger partial charge in [-0.05, 0) is 6.92 Å². The molecule has 106 valence electrons. The van der Waals surface area contributed by atoms with Crippen LogP contribution in [0.5, 0.6) is 0 Å². The molecule has 0 aromatic heterocycles. The van der Waals surface area contributed by atoms with E-state index in [2.05, 4.69) is 0 Å². The van der Waals surface area contributed by atoms with Crippen molar-refractivity contribution in [1.82, 2.24) is 0 Å². The highest BCUT2D eigenvalue weighted by molar-refractivity contribution is 7.46. The second kappa shape index (κ2) is 7.50. The van der Waals surface area contributed by atoms with E-state index in [4.69, 9.17) is 9.47 Å². The molecule has 0 radical (unpaired) electrons. The fourth-order valence-corrected chi connectivity index (χ4v) is 1.61. The number of rotatable bonds is 6. The van der Waals surface area contributed by atoms with E-state index < -0.39 is 38.1 Å². The lowest BCUT2D eigenvalue weighted by atomic mass is 10.1. The molecule has 0 amide bonds. The SMILES string of the molecule is CC(=O)O[C@H](C(=O)O[C@@H](C)C(=O)P=O)c1ccccc1. The van der Waals surface area contributed by atoms with Gasteiger partial charge in [0.2, 0.25) is 14.6 Å². The van der Waals surface area contributed by atoms with E-state index in [1.165, 1.54) is 6.92 Å². The van der Waals surface area contributed by atoms with Crippen LogP contribution in [-0.4, -0.2) is 23.6 Å². The highest BCUT2D eigenvalue weighted by atomic mass is 31.1. The van der Waals surface area contributed by atoms with Crippen molar-refractivity contribution in [3.63, 3.8) is 0 Å². The fourth-order valence-electron chi connectivity index (χ4n) is 1.41. The summed E-state index contributed by atoms with van der Waals surface area (Å²) in [5, 5.41) is 0. The van der Waals surface area contributed by atoms with Crippen molar-refractivity contribution < 1.29 is 28.4 Å². The van der Waals surface area contributed by atoms with Gasteiger partial charge in [0.1, 0.15) is 0 Å². The summed E-state index contributed by atoms with van der Waals surface area (Å²) in [6.07, 6.45) is -2.43. The standard InChI is InChI=1S/C13H13O6P/c1-8(13(16)20-17)18-12(15)11(19-9(2)14)10-6-4-3-5-7-10/h3-8,11H,1-2H3/t8-,11-/m0/s1. The molecule has 1 rings (SSSR count). The Bertz CT molecular complexity index is 513. The molecule has 7 heteroatoms. The summed E-state index contributed by atoms with van der Waals surface area (Å²) in [4.78, 5) is 34.1. The molecular formula is C13H13O6P. The number of benzene rings is 1. The number of carbonyl (C=O) groups is 3. The highest BCUT2D eigenvalue weighted by Crippen LogP contribution is 2.20. The molecule has 1 aromatic carbocycles. The summed E-state index contributed by atoms with van der Waals surface area (Å²) in [7, 11) is -0.742. The Hall–Kier alpha value is -2.07. The quantitative estimate of drug-likeness (QED) is 0.589. The number of hydrogen-bond donors (Lipinski definition) is 0. The minimum absolute atomic E-state index is 0.423. The van der Waals surface area contributed by atoms with Gasteiger partial charge in [-0.2, -0.15) is 0 Å². The Balaban J connectivity index is 2.89. The summed E-state index contributed by atoms with van der Waals surface area (Å²) >= 11 is 0. The third-order valence-electron chi connectivity index (χ3n) is 2.33. The van der Waals surface area contributed by atoms with E-state index in [1.807, 2.05) is 0 Å². The van der Waals surface area contributed by atoms with E-state index in [1.54, 1.807) is 30.3 Å². The molecule has 2 atom stereocenters. The minimum Gasteiger partial charge on any atom is -0.451 e. The van der Waals surface area contributed by atoms with Crippen LogP contribution >= 0.6 is 8.46 Å². The van der Waals surface area contributed by atoms with Gasteiger partial charge in [0.05, 0.1) is 0 Å². The molecule has 20 heavy (non-hydrogen) atoms. The smallest absolute Gasteiger partial charge is 0.352 e. The van der Waals surface area contributed by atoms with E-state index in [0.717, 1.165) is 6.92 Å². The van der Waals surface area contributed by atoms with Crippen molar-refractivity contribution in [2.45, 2.75) is 26.1 Å². The van der Waals surface area contributed by atoms with Crippen molar-refractivity contribution in [2.24, 2.45) is 0 Å². The third kappa shape index (κ3) is 4.55. The van der Waals surface area contributed by atoms with Gasteiger partial charge in [0, 0.05) is 12.5 Å². The Kier molecular flexibility index (Phi) is 6.00. The first-order valence-corrected chi connectivity index (χ1v) is 6.56. The van der Waals surface area contributed by atoms with Gasteiger partial charge in [0.15, 0.2) is 6.10 Å². The largest absolute Gasteiger partial charge is 0.451 e. The zero-order valence-electron chi connectivity index (χ0n) is 10.9. The molecule has 0 N–H and O–H groups in total. The van der Waals surface area contributed by atoms with Gasteiger partial charge >= 0.3 is 11.9 Å². The van der Waals surface area contributed by atoms with E-state index >= 15 is 0 Å². The molecule has 0 spiro atoms. The summed E-state index contributed by atoms with van der Waals surface area (Å²) < 4.78 is 20.2. The second-order valence-electron chi connectivity index (χ2n) is 3.91. The van der Waals surface area contributed by atoms with Crippen LogP contribution in [0, 0.1) is 0 Å². The molecular weight excluding hydrogens is 283 g/mol. The maximum Gasteiger partial charge on any atom is 0.352 e. The Morgan fingerprint density at radius 3 is 2.20 bits per heavy atom. The molecule has 0 aliphatic heterocycles. The molecule has 0 heterocycles. The average Bonchev–Trinajstić information content (AvgIpc) is 2.44. The molecule has 0 fully saturated rings. The number of hydrogen-bond acceptors (Lipinski definition) is 6. The lowest BCUT2D eigenvalue weighted by Gasteiger charge is -2.18. The summed E-state index contributed by atoms with van der Waals surface area (Å²) in [6, 6.07) is 8.26. The van der Waals surface area contributed by atoms with Crippen LogP contribution in [0.2, 0.25) is 0 Å². The van der Waals surface area contributed by atoms with Crippen molar-refractivity contribution in [2.75, 3.05) is 0 Å². The normalized spacial score (nSPS) is 13.3. The van der Waals surface area contributed by atoms with E-state index in [0.29, 0.717) is 5.56 Å². The molecule has 6 nitrogen and oxygen atoms in total. The second-order valence-corrected chi connectivity index (χ2v) is 4.53. The molecule has 1 aromatic rings. The van der Waals surface area contributed by atoms with Crippen LogP contribution in [0.4, 0.5) is 0 Å². The van der Waals surface area contributed by atoms with Gasteiger partial charge in [0.25, 0.3) is 5.52 Å². The first-order valence-electron chi connectivity index (χ1n) is 5.75. The lowest BCUT2D eigenvalue weighted by molar-refractivity contribution is -0.171. The summed E-state index contributed by atoms with van der Waals surface area (Å²) in [6.45, 7) is 2.45. The van der Waals surface area contributed by atoms with Crippen molar-refractivity contribution in [3.05, 3.63) is 35.9 Å². The average molecular weight is 296 g/mol. The Labute approximate surface area is 117 Å². The van der Waals surface area contributed by atoms with Gasteiger partial charge in [-0.25, -0.2) is 4.79 Å². The Morgan fingerprint density at radius 2 is 1.70 bits per heavy atom. The first-order chi connectivity index (χ1) is 9.45. The Morgan fingerprint density at radius 1 is 1.10 bits per heavy atom. The monoisotopic (exact) mass is 296 g/mol. The van der Waals surface area contributed by atoms with Crippen molar-refractivity contribution in [1.29, 1.82) is 0 Å². The van der Waals surface area contributed by atoms with Crippen LogP contribution in [0.15, 0.2) is 30.3 Å². The predicted molar refractivity (Wildman–Crippen MR) is 69.1 cm³/mol. The maximum atomic E-state index is 12.0. The van der Waals surface area contributed by atoms with Gasteiger partial charge in [-0.3, -0.25) is 14.2 Å². The number of carbonyl (C=O) groups excluding carboxylic acids is 3. The van der Waals surface area contributed by atoms with E-state index in [9.17, 15) is 18.9 Å². The highest BCUT2D eigenvalue weighted by Gasteiger charge is 2.28. The number of esters is 2. The maximum absolute atomic E-state index is 12.0. The molecule has 0 saturated carbocycles. The molecule has 0 aliphatic carbocycles. The predicted octanol–water partition coefficient (Wildman–Crippen LogP) is 2.04. The number of ether oxygens (including phenoxy) is 2. The molecule has 0 saturated heterocycles. The molecule has 0 unspecified atom stereocenters. The van der Waals surface area contributed by atoms with Crippen LogP contribution in [0.25, 0.3) is 0 Å². The fraction of sp³-hybridized carbons (Fsp3) is 0.308. The van der Waals surface area contributed by atoms with Gasteiger partial charge in [-0.1, -0.05) is 30.3 Å². The van der Waals surface area contributed by atoms with Gasteiger partial charge < -0.3 is 9.47 Å². The van der Waals surface area contributed by atoms with Crippen LogP contribution in [0.3, 0.4) is 0 Å². The van der Waals surface area contributed by atoms with Gasteiger partial charge in [-0.15, -0.1) is 0 Å². The van der Waals surface area contributed by atoms with Crippen molar-refractivity contribution in [3.8, 4) is 0 Å². The van der Waals surface area contributed by atoms with Crippen LogP contribution < -0.4 is 0 Å². The van der Waals surface area contributed by atoms with Crippen molar-refractivity contribution >= 4 is 25.9 Å².